The molecule has 1 aliphatic rings. The van der Waals surface area contributed by atoms with Gasteiger partial charge in [0, 0.05) is 6.54 Å². The van der Waals surface area contributed by atoms with E-state index in [1.807, 2.05) is 13.8 Å². The van der Waals surface area contributed by atoms with Crippen molar-refractivity contribution < 1.29 is 29.0 Å². The van der Waals surface area contributed by atoms with Crippen molar-refractivity contribution in [2.24, 2.45) is 11.3 Å². The Morgan fingerprint density at radius 1 is 1.06 bits per heavy atom. The molecule has 3 N–H and O–H groups in total. The van der Waals surface area contributed by atoms with Crippen LogP contribution >= 0.6 is 0 Å². The molecule has 0 spiro atoms. The summed E-state index contributed by atoms with van der Waals surface area (Å²) < 4.78 is 5.40. The number of rotatable bonds is 7. The molecule has 9 nitrogen and oxygen atoms in total. The first kappa shape index (κ1) is 26.7. The number of carboxylic acids is 1. The second-order valence-electron chi connectivity index (χ2n) is 10.7. The predicted molar refractivity (Wildman–Crippen MR) is 116 cm³/mol. The molecular weight excluding hydrogens is 402 g/mol. The fraction of sp³-hybridized carbons (Fsp3) is 0.818. The fourth-order valence-electron chi connectivity index (χ4n) is 3.44. The zero-order chi connectivity index (χ0) is 24.1. The summed E-state index contributed by atoms with van der Waals surface area (Å²) >= 11 is 0. The Bertz CT molecular complexity index is 678. The maximum atomic E-state index is 13.0. The first-order chi connectivity index (χ1) is 14.0. The monoisotopic (exact) mass is 441 g/mol. The van der Waals surface area contributed by atoms with Crippen LogP contribution in [0.3, 0.4) is 0 Å². The number of nitrogens with one attached hydrogen (secondary N) is 2. The standard InChI is InChI=1S/C22H39N3O6/c1-13(2)12-14(19(28)29)23-18(27)16(21(3,4)5)24-17(26)15-10-9-11-25(15)20(30)31-22(6,7)8/h13-16H,9-12H2,1-8H3,(H,23,27)(H,24,26)(H,28,29)/t14-,15-,16-/m0/s1. The summed E-state index contributed by atoms with van der Waals surface area (Å²) in [7, 11) is 0. The van der Waals surface area contributed by atoms with Crippen molar-refractivity contribution in [3.63, 3.8) is 0 Å². The minimum Gasteiger partial charge on any atom is -0.480 e. The quantitative estimate of drug-likeness (QED) is 0.557. The van der Waals surface area contributed by atoms with Crippen LogP contribution in [0.15, 0.2) is 0 Å². The molecule has 0 bridgehead atoms. The van der Waals surface area contributed by atoms with Crippen molar-refractivity contribution in [2.45, 2.75) is 98.4 Å². The minimum atomic E-state index is -1.12. The van der Waals surface area contributed by atoms with Crippen molar-refractivity contribution in [1.82, 2.24) is 15.5 Å². The number of likely N-dealkylation sites (tertiary alicyclic amines) is 1. The Kier molecular flexibility index (Phi) is 8.90. The molecule has 0 radical (unpaired) electrons. The van der Waals surface area contributed by atoms with Crippen LogP contribution in [-0.2, 0) is 19.1 Å². The smallest absolute Gasteiger partial charge is 0.410 e. The number of carbonyl (C=O) groups is 4. The van der Waals surface area contributed by atoms with Crippen LogP contribution in [-0.4, -0.2) is 64.2 Å². The third-order valence-electron chi connectivity index (χ3n) is 4.92. The van der Waals surface area contributed by atoms with E-state index in [0.29, 0.717) is 19.4 Å². The van der Waals surface area contributed by atoms with Crippen molar-refractivity contribution in [1.29, 1.82) is 0 Å². The number of hydrogen-bond acceptors (Lipinski definition) is 5. The Balaban J connectivity index is 2.96. The van der Waals surface area contributed by atoms with Gasteiger partial charge in [0.2, 0.25) is 11.8 Å². The molecule has 0 saturated carbocycles. The molecule has 0 aromatic carbocycles. The summed E-state index contributed by atoms with van der Waals surface area (Å²) in [5, 5.41) is 14.7. The number of hydrogen-bond donors (Lipinski definition) is 3. The van der Waals surface area contributed by atoms with Gasteiger partial charge < -0.3 is 20.5 Å². The molecule has 31 heavy (non-hydrogen) atoms. The largest absolute Gasteiger partial charge is 0.480 e. The van der Waals surface area contributed by atoms with Crippen molar-refractivity contribution in [3.05, 3.63) is 0 Å². The number of ether oxygens (including phenoxy) is 1. The predicted octanol–water partition coefficient (Wildman–Crippen LogP) is 2.53. The summed E-state index contributed by atoms with van der Waals surface area (Å²) in [6, 6.07) is -2.74. The molecule has 3 amide bonds. The SMILES string of the molecule is CC(C)C[C@H](NC(=O)[C@H](NC(=O)[C@@H]1CCCN1C(=O)OC(C)(C)C)C(C)(C)C)C(=O)O. The number of amides is 3. The molecule has 1 fully saturated rings. The molecule has 0 unspecified atom stereocenters. The van der Waals surface area contributed by atoms with Gasteiger partial charge in [-0.25, -0.2) is 9.59 Å². The van der Waals surface area contributed by atoms with E-state index in [0.717, 1.165) is 0 Å². The highest BCUT2D eigenvalue weighted by Gasteiger charge is 2.41. The first-order valence-corrected chi connectivity index (χ1v) is 10.9. The summed E-state index contributed by atoms with van der Waals surface area (Å²) in [6.45, 7) is 14.8. The van der Waals surface area contributed by atoms with Gasteiger partial charge in [0.25, 0.3) is 0 Å². The highest BCUT2D eigenvalue weighted by atomic mass is 16.6. The number of carbonyl (C=O) groups excluding carboxylic acids is 3. The first-order valence-electron chi connectivity index (χ1n) is 10.9. The highest BCUT2D eigenvalue weighted by Crippen LogP contribution is 2.24. The van der Waals surface area contributed by atoms with Gasteiger partial charge in [-0.05, 0) is 51.4 Å². The third-order valence-corrected chi connectivity index (χ3v) is 4.92. The maximum Gasteiger partial charge on any atom is 0.410 e. The molecule has 1 rings (SSSR count). The molecule has 178 valence electrons. The van der Waals surface area contributed by atoms with E-state index >= 15 is 0 Å². The third kappa shape index (κ3) is 8.38. The summed E-state index contributed by atoms with van der Waals surface area (Å²) in [6.07, 6.45) is 0.833. The van der Waals surface area contributed by atoms with E-state index in [9.17, 15) is 24.3 Å². The summed E-state index contributed by atoms with van der Waals surface area (Å²) in [5.41, 5.74) is -1.35. The summed E-state index contributed by atoms with van der Waals surface area (Å²) in [4.78, 5) is 51.4. The molecule has 0 aliphatic carbocycles. The van der Waals surface area contributed by atoms with E-state index in [-0.39, 0.29) is 12.3 Å². The number of nitrogens with zero attached hydrogens (tertiary/aromatic N) is 1. The van der Waals surface area contributed by atoms with Gasteiger partial charge in [-0.1, -0.05) is 34.6 Å². The van der Waals surface area contributed by atoms with Gasteiger partial charge >= 0.3 is 12.1 Å². The van der Waals surface area contributed by atoms with E-state index in [1.165, 1.54) is 4.90 Å². The Morgan fingerprint density at radius 2 is 1.65 bits per heavy atom. The number of aliphatic carboxylic acids is 1. The van der Waals surface area contributed by atoms with E-state index in [4.69, 9.17) is 4.74 Å². The number of carboxylic acid groups (broad SMARTS) is 1. The summed E-state index contributed by atoms with van der Waals surface area (Å²) in [5.74, 6) is -2.05. The van der Waals surface area contributed by atoms with Gasteiger partial charge in [0.1, 0.15) is 23.7 Å². The lowest BCUT2D eigenvalue weighted by atomic mass is 9.85. The zero-order valence-corrected chi connectivity index (χ0v) is 20.1. The normalized spacial score (nSPS) is 19.0. The van der Waals surface area contributed by atoms with E-state index < -0.39 is 53.0 Å². The van der Waals surface area contributed by atoms with Crippen LogP contribution in [0, 0.1) is 11.3 Å². The van der Waals surface area contributed by atoms with Crippen molar-refractivity contribution >= 4 is 23.9 Å². The van der Waals surface area contributed by atoms with Crippen LogP contribution in [0.4, 0.5) is 4.79 Å². The topological polar surface area (TPSA) is 125 Å². The fourth-order valence-corrected chi connectivity index (χ4v) is 3.44. The lowest BCUT2D eigenvalue weighted by Gasteiger charge is -2.34. The molecular formula is C22H39N3O6. The van der Waals surface area contributed by atoms with E-state index in [1.54, 1.807) is 41.5 Å². The molecule has 0 aromatic rings. The van der Waals surface area contributed by atoms with Crippen LogP contribution < -0.4 is 10.6 Å². The molecule has 1 saturated heterocycles. The lowest BCUT2D eigenvalue weighted by Crippen LogP contribution is -2.59. The van der Waals surface area contributed by atoms with Crippen molar-refractivity contribution in [3.8, 4) is 0 Å². The van der Waals surface area contributed by atoms with Crippen LogP contribution in [0.2, 0.25) is 0 Å². The van der Waals surface area contributed by atoms with Gasteiger partial charge in [-0.3, -0.25) is 14.5 Å². The van der Waals surface area contributed by atoms with Gasteiger partial charge in [-0.2, -0.15) is 0 Å². The highest BCUT2D eigenvalue weighted by molar-refractivity contribution is 5.93. The van der Waals surface area contributed by atoms with Crippen LogP contribution in [0.25, 0.3) is 0 Å². The van der Waals surface area contributed by atoms with Crippen LogP contribution in [0.5, 0.6) is 0 Å². The lowest BCUT2D eigenvalue weighted by molar-refractivity contribution is -0.143. The van der Waals surface area contributed by atoms with E-state index in [2.05, 4.69) is 10.6 Å². The Labute approximate surface area is 185 Å². The molecule has 1 aliphatic heterocycles. The van der Waals surface area contributed by atoms with Gasteiger partial charge in [-0.15, -0.1) is 0 Å². The average molecular weight is 442 g/mol. The van der Waals surface area contributed by atoms with Crippen LogP contribution in [0.1, 0.15) is 74.7 Å². The Hall–Kier alpha value is -2.32. The second kappa shape index (κ2) is 10.3. The Morgan fingerprint density at radius 3 is 2.10 bits per heavy atom. The van der Waals surface area contributed by atoms with Gasteiger partial charge in [0.15, 0.2) is 0 Å². The zero-order valence-electron chi connectivity index (χ0n) is 20.1. The maximum absolute atomic E-state index is 13.0. The molecule has 9 heteroatoms. The molecule has 1 heterocycles. The van der Waals surface area contributed by atoms with Gasteiger partial charge in [0.05, 0.1) is 0 Å². The average Bonchev–Trinajstić information content (AvgIpc) is 3.05. The van der Waals surface area contributed by atoms with Crippen molar-refractivity contribution in [2.75, 3.05) is 6.54 Å². The second-order valence-corrected chi connectivity index (χ2v) is 10.7. The molecule has 0 aromatic heterocycles. The molecule has 3 atom stereocenters. The minimum absolute atomic E-state index is 0.0740.